The van der Waals surface area contributed by atoms with Gasteiger partial charge in [0.1, 0.15) is 11.6 Å². The summed E-state index contributed by atoms with van der Waals surface area (Å²) in [6.45, 7) is 0. The van der Waals surface area contributed by atoms with E-state index in [1.807, 2.05) is 0 Å². The van der Waals surface area contributed by atoms with Crippen molar-refractivity contribution in [1.82, 2.24) is 0 Å². The molecule has 0 spiro atoms. The molecule has 1 aliphatic rings. The number of rotatable bonds is 4. The van der Waals surface area contributed by atoms with E-state index in [9.17, 15) is 17.6 Å². The van der Waals surface area contributed by atoms with Crippen molar-refractivity contribution in [2.75, 3.05) is 11.2 Å². The standard InChI is InChI=1S/C17H12FNO4S3/c1-26(21,22)23-14-5-3-2-4-11(14)10-15-16(20)19(17(24)25-15)13-8-6-12(18)7-9-13/h2-10H,1H3/b15-10-. The lowest BCUT2D eigenvalue weighted by Gasteiger charge is -2.14. The van der Waals surface area contributed by atoms with Gasteiger partial charge >= 0.3 is 10.1 Å². The fraction of sp³-hybridized carbons (Fsp3) is 0.0588. The van der Waals surface area contributed by atoms with Crippen LogP contribution < -0.4 is 9.08 Å². The first-order valence-electron chi connectivity index (χ1n) is 7.26. The van der Waals surface area contributed by atoms with Crippen molar-refractivity contribution in [3.63, 3.8) is 0 Å². The number of hydrogen-bond acceptors (Lipinski definition) is 6. The van der Waals surface area contributed by atoms with Gasteiger partial charge in [-0.05, 0) is 36.4 Å². The molecule has 1 aliphatic heterocycles. The van der Waals surface area contributed by atoms with Crippen LogP contribution in [0.4, 0.5) is 10.1 Å². The molecule has 0 aromatic heterocycles. The van der Waals surface area contributed by atoms with Crippen molar-refractivity contribution in [1.29, 1.82) is 0 Å². The zero-order chi connectivity index (χ0) is 18.9. The first-order valence-corrected chi connectivity index (χ1v) is 10.3. The summed E-state index contributed by atoms with van der Waals surface area (Å²) in [4.78, 5) is 14.3. The van der Waals surface area contributed by atoms with Gasteiger partial charge in [0.15, 0.2) is 4.32 Å². The fourth-order valence-electron chi connectivity index (χ4n) is 2.26. The van der Waals surface area contributed by atoms with E-state index < -0.39 is 15.9 Å². The Hall–Kier alpha value is -2.23. The first kappa shape index (κ1) is 18.6. The summed E-state index contributed by atoms with van der Waals surface area (Å²) in [6.07, 6.45) is 2.46. The third-order valence-corrected chi connectivity index (χ3v) is 5.11. The lowest BCUT2D eigenvalue weighted by atomic mass is 10.2. The monoisotopic (exact) mass is 409 g/mol. The normalized spacial score (nSPS) is 16.4. The molecule has 0 bridgehead atoms. The summed E-state index contributed by atoms with van der Waals surface area (Å²) in [5.41, 5.74) is 0.885. The van der Waals surface area contributed by atoms with Crippen LogP contribution in [0.15, 0.2) is 53.4 Å². The smallest absolute Gasteiger partial charge is 0.306 e. The molecule has 2 aromatic carbocycles. The number of benzene rings is 2. The van der Waals surface area contributed by atoms with Crippen molar-refractivity contribution < 1.29 is 21.8 Å². The molecule has 5 nitrogen and oxygen atoms in total. The Labute approximate surface area is 159 Å². The average molecular weight is 409 g/mol. The highest BCUT2D eigenvalue weighted by Gasteiger charge is 2.33. The second-order valence-electron chi connectivity index (χ2n) is 5.32. The predicted octanol–water partition coefficient (Wildman–Crippen LogP) is 3.57. The molecule has 134 valence electrons. The Balaban J connectivity index is 1.95. The summed E-state index contributed by atoms with van der Waals surface area (Å²) in [6, 6.07) is 11.9. The molecule has 9 heteroatoms. The van der Waals surface area contributed by atoms with E-state index in [0.717, 1.165) is 18.0 Å². The molecule has 0 atom stereocenters. The number of carbonyl (C=O) groups excluding carboxylic acids is 1. The minimum Gasteiger partial charge on any atom is -0.382 e. The van der Waals surface area contributed by atoms with Gasteiger partial charge in [-0.2, -0.15) is 8.42 Å². The number of carbonyl (C=O) groups is 1. The van der Waals surface area contributed by atoms with Gasteiger partial charge < -0.3 is 4.18 Å². The SMILES string of the molecule is CS(=O)(=O)Oc1ccccc1/C=C1\SC(=S)N(c2ccc(F)cc2)C1=O. The molecule has 0 unspecified atom stereocenters. The minimum absolute atomic E-state index is 0.113. The summed E-state index contributed by atoms with van der Waals surface area (Å²) in [7, 11) is -3.71. The van der Waals surface area contributed by atoms with E-state index >= 15 is 0 Å². The fourth-order valence-corrected chi connectivity index (χ4v) is 4.03. The number of hydrogen-bond donors (Lipinski definition) is 0. The van der Waals surface area contributed by atoms with E-state index in [1.165, 1.54) is 41.3 Å². The maximum absolute atomic E-state index is 13.1. The Bertz CT molecular complexity index is 1020. The molecule has 1 amide bonds. The highest BCUT2D eigenvalue weighted by molar-refractivity contribution is 8.27. The third kappa shape index (κ3) is 4.12. The molecule has 3 rings (SSSR count). The Morgan fingerprint density at radius 1 is 1.15 bits per heavy atom. The average Bonchev–Trinajstić information content (AvgIpc) is 2.83. The molecule has 1 saturated heterocycles. The summed E-state index contributed by atoms with van der Waals surface area (Å²) in [5.74, 6) is -0.676. The van der Waals surface area contributed by atoms with Gasteiger partial charge in [-0.1, -0.05) is 42.2 Å². The molecule has 0 N–H and O–H groups in total. The van der Waals surface area contributed by atoms with Crippen LogP contribution in [0, 0.1) is 5.82 Å². The minimum atomic E-state index is -3.71. The molecule has 0 saturated carbocycles. The second kappa shape index (κ2) is 7.18. The second-order valence-corrected chi connectivity index (χ2v) is 8.57. The van der Waals surface area contributed by atoms with E-state index in [4.69, 9.17) is 16.4 Å². The van der Waals surface area contributed by atoms with Gasteiger partial charge in [-0.25, -0.2) is 4.39 Å². The molecule has 26 heavy (non-hydrogen) atoms. The van der Waals surface area contributed by atoms with Crippen molar-refractivity contribution in [2.45, 2.75) is 0 Å². The van der Waals surface area contributed by atoms with Crippen LogP contribution in [0.1, 0.15) is 5.56 Å². The van der Waals surface area contributed by atoms with E-state index in [2.05, 4.69) is 0 Å². The lowest BCUT2D eigenvalue weighted by Crippen LogP contribution is -2.27. The zero-order valence-electron chi connectivity index (χ0n) is 13.4. The van der Waals surface area contributed by atoms with Crippen molar-refractivity contribution in [3.05, 3.63) is 64.8 Å². The Morgan fingerprint density at radius 3 is 2.46 bits per heavy atom. The number of nitrogens with zero attached hydrogens (tertiary/aromatic N) is 1. The van der Waals surface area contributed by atoms with Gasteiger partial charge in [0, 0.05) is 5.56 Å². The first-order chi connectivity index (χ1) is 12.2. The molecule has 0 radical (unpaired) electrons. The van der Waals surface area contributed by atoms with Gasteiger partial charge in [0.05, 0.1) is 16.8 Å². The van der Waals surface area contributed by atoms with E-state index in [-0.39, 0.29) is 11.7 Å². The molecular weight excluding hydrogens is 397 g/mol. The predicted molar refractivity (Wildman–Crippen MR) is 104 cm³/mol. The molecule has 1 fully saturated rings. The van der Waals surface area contributed by atoms with Crippen LogP contribution >= 0.6 is 24.0 Å². The molecule has 1 heterocycles. The van der Waals surface area contributed by atoms with Gasteiger partial charge in [0.2, 0.25) is 0 Å². The summed E-state index contributed by atoms with van der Waals surface area (Å²) >= 11 is 6.33. The molecule has 2 aromatic rings. The maximum Gasteiger partial charge on any atom is 0.306 e. The highest BCUT2D eigenvalue weighted by atomic mass is 32.2. The van der Waals surface area contributed by atoms with E-state index in [1.54, 1.807) is 18.2 Å². The Kier molecular flexibility index (Phi) is 5.12. The molecular formula is C17H12FNO4S3. The maximum atomic E-state index is 13.1. The lowest BCUT2D eigenvalue weighted by molar-refractivity contribution is -0.113. The van der Waals surface area contributed by atoms with Crippen LogP contribution in [0.25, 0.3) is 6.08 Å². The number of amides is 1. The number of thioether (sulfide) groups is 1. The third-order valence-electron chi connectivity index (χ3n) is 3.33. The van der Waals surface area contributed by atoms with Crippen molar-refractivity contribution in [3.8, 4) is 5.75 Å². The quantitative estimate of drug-likeness (QED) is 0.437. The van der Waals surface area contributed by atoms with Crippen molar-refractivity contribution in [2.24, 2.45) is 0 Å². The Morgan fingerprint density at radius 2 is 1.81 bits per heavy atom. The number of para-hydroxylation sites is 1. The van der Waals surface area contributed by atoms with E-state index in [0.29, 0.717) is 20.5 Å². The van der Waals surface area contributed by atoms with Gasteiger partial charge in [0.25, 0.3) is 5.91 Å². The number of thiocarbonyl (C=S) groups is 1. The van der Waals surface area contributed by atoms with Gasteiger partial charge in [-0.3, -0.25) is 9.69 Å². The van der Waals surface area contributed by atoms with Crippen LogP contribution in [0.5, 0.6) is 5.75 Å². The van der Waals surface area contributed by atoms with Crippen LogP contribution in [0.3, 0.4) is 0 Å². The summed E-state index contributed by atoms with van der Waals surface area (Å²) < 4.78 is 41.1. The van der Waals surface area contributed by atoms with Crippen LogP contribution in [0.2, 0.25) is 0 Å². The largest absolute Gasteiger partial charge is 0.382 e. The van der Waals surface area contributed by atoms with Crippen LogP contribution in [-0.4, -0.2) is 24.9 Å². The zero-order valence-corrected chi connectivity index (χ0v) is 15.8. The highest BCUT2D eigenvalue weighted by Crippen LogP contribution is 2.37. The van der Waals surface area contributed by atoms with Gasteiger partial charge in [-0.15, -0.1) is 0 Å². The van der Waals surface area contributed by atoms with Crippen molar-refractivity contribution >= 4 is 56.1 Å². The van der Waals surface area contributed by atoms with Crippen LogP contribution in [-0.2, 0) is 14.9 Å². The number of anilines is 1. The summed E-state index contributed by atoms with van der Waals surface area (Å²) in [5, 5.41) is 0. The number of halogens is 1. The topological polar surface area (TPSA) is 63.7 Å². The molecule has 0 aliphatic carbocycles.